The number of aryl methyl sites for hydroxylation is 2. The molecule has 2 amide bonds. The van der Waals surface area contributed by atoms with Crippen molar-refractivity contribution >= 4 is 11.8 Å². The molecule has 2 atom stereocenters. The molecular weight excluding hydrogens is 426 g/mol. The number of benzene rings is 1. The lowest BCUT2D eigenvalue weighted by atomic mass is 9.73. The summed E-state index contributed by atoms with van der Waals surface area (Å²) in [5.41, 5.74) is 3.57. The Labute approximate surface area is 206 Å². The topological polar surface area (TPSA) is 70.7 Å². The maximum atomic E-state index is 13.7. The van der Waals surface area contributed by atoms with Gasteiger partial charge in [-0.3, -0.25) is 14.5 Å². The van der Waals surface area contributed by atoms with Crippen molar-refractivity contribution in [2.45, 2.75) is 91.8 Å². The summed E-state index contributed by atoms with van der Waals surface area (Å²) in [6.07, 6.45) is 5.06. The van der Waals surface area contributed by atoms with E-state index >= 15 is 0 Å². The molecule has 1 aromatic rings. The average molecular weight is 472 g/mol. The van der Waals surface area contributed by atoms with E-state index in [1.54, 1.807) is 0 Å². The van der Waals surface area contributed by atoms with Crippen LogP contribution in [0.4, 0.5) is 0 Å². The lowest BCUT2D eigenvalue weighted by molar-refractivity contribution is -0.138. The molecule has 2 N–H and O–H groups in total. The third-order valence-corrected chi connectivity index (χ3v) is 7.55. The van der Waals surface area contributed by atoms with Gasteiger partial charge in [0.15, 0.2) is 0 Å². The van der Waals surface area contributed by atoms with Crippen LogP contribution in [-0.4, -0.2) is 55.1 Å². The Morgan fingerprint density at radius 2 is 1.79 bits per heavy atom. The van der Waals surface area contributed by atoms with Crippen molar-refractivity contribution in [1.82, 2.24) is 15.5 Å². The summed E-state index contributed by atoms with van der Waals surface area (Å²) < 4.78 is 5.80. The van der Waals surface area contributed by atoms with Gasteiger partial charge >= 0.3 is 0 Å². The molecule has 6 nitrogen and oxygen atoms in total. The molecule has 2 fully saturated rings. The number of nitrogens with zero attached hydrogens (tertiary/aromatic N) is 1. The highest BCUT2D eigenvalue weighted by Gasteiger charge is 2.42. The molecule has 0 aliphatic carbocycles. The molecule has 1 aromatic carbocycles. The van der Waals surface area contributed by atoms with Crippen molar-refractivity contribution in [3.05, 3.63) is 34.9 Å². The van der Waals surface area contributed by atoms with Gasteiger partial charge in [0, 0.05) is 19.2 Å². The van der Waals surface area contributed by atoms with Gasteiger partial charge in [-0.2, -0.15) is 0 Å². The minimum Gasteiger partial charge on any atom is -0.379 e. The zero-order valence-corrected chi connectivity index (χ0v) is 21.9. The van der Waals surface area contributed by atoms with E-state index in [-0.39, 0.29) is 17.9 Å². The summed E-state index contributed by atoms with van der Waals surface area (Å²) in [6.45, 7) is 14.3. The lowest BCUT2D eigenvalue weighted by Gasteiger charge is -2.41. The Kier molecular flexibility index (Phi) is 9.55. The molecule has 6 heteroatoms. The summed E-state index contributed by atoms with van der Waals surface area (Å²) >= 11 is 0. The average Bonchev–Trinajstić information content (AvgIpc) is 2.79. The summed E-state index contributed by atoms with van der Waals surface area (Å²) in [5.74, 6) is 0.278. The Hall–Kier alpha value is -1.92. The van der Waals surface area contributed by atoms with Crippen molar-refractivity contribution in [3.63, 3.8) is 0 Å². The first-order valence-corrected chi connectivity index (χ1v) is 13.2. The van der Waals surface area contributed by atoms with Crippen molar-refractivity contribution in [3.8, 4) is 0 Å². The van der Waals surface area contributed by atoms with Gasteiger partial charge in [0.05, 0.1) is 12.0 Å². The largest absolute Gasteiger partial charge is 0.379 e. The van der Waals surface area contributed by atoms with Crippen LogP contribution in [0.15, 0.2) is 18.2 Å². The standard InChI is InChI=1S/C28H45N3O3/c1-20(2)16-25-26(32)29-23(5)19-34-15-7-6-10-28(27(33)30-25)11-13-31(14-12-28)18-24-9-8-21(3)22(4)17-24/h8-9,17,20,23,25H,6-7,10-16,18-19H2,1-5H3,(H,29,32)(H,30,33)/t23-,25+/m1/s1. The molecule has 0 radical (unpaired) electrons. The molecule has 0 aromatic heterocycles. The summed E-state index contributed by atoms with van der Waals surface area (Å²) in [6, 6.07) is 6.13. The van der Waals surface area contributed by atoms with Gasteiger partial charge in [0.2, 0.25) is 11.8 Å². The fourth-order valence-electron chi connectivity index (χ4n) is 5.22. The number of piperidine rings is 1. The normalized spacial score (nSPS) is 25.2. The highest BCUT2D eigenvalue weighted by atomic mass is 16.5. The van der Waals surface area contributed by atoms with Gasteiger partial charge in [-0.1, -0.05) is 38.5 Å². The van der Waals surface area contributed by atoms with E-state index in [0.717, 1.165) is 51.7 Å². The molecular formula is C28H45N3O3. The maximum absolute atomic E-state index is 13.7. The summed E-state index contributed by atoms with van der Waals surface area (Å²) in [4.78, 5) is 29.2. The van der Waals surface area contributed by atoms with Crippen LogP contribution < -0.4 is 10.6 Å². The number of carbonyl (C=O) groups excluding carboxylic acids is 2. The molecule has 2 saturated heterocycles. The third-order valence-electron chi connectivity index (χ3n) is 7.55. The molecule has 34 heavy (non-hydrogen) atoms. The summed E-state index contributed by atoms with van der Waals surface area (Å²) in [5, 5.41) is 6.23. The van der Waals surface area contributed by atoms with Crippen LogP contribution in [0.3, 0.4) is 0 Å². The molecule has 0 unspecified atom stereocenters. The first kappa shape index (κ1) is 26.7. The number of likely N-dealkylation sites (tertiary alicyclic amines) is 1. The van der Waals surface area contributed by atoms with E-state index < -0.39 is 11.5 Å². The lowest BCUT2D eigenvalue weighted by Crippen LogP contribution is -2.55. The number of nitrogens with one attached hydrogen (secondary N) is 2. The number of hydrogen-bond donors (Lipinski definition) is 2. The Morgan fingerprint density at radius 1 is 1.06 bits per heavy atom. The molecule has 190 valence electrons. The van der Waals surface area contributed by atoms with Gasteiger partial charge in [0.25, 0.3) is 0 Å². The van der Waals surface area contributed by atoms with Crippen LogP contribution in [0.5, 0.6) is 0 Å². The number of carbonyl (C=O) groups is 2. The van der Waals surface area contributed by atoms with Crippen LogP contribution in [0.2, 0.25) is 0 Å². The predicted molar refractivity (Wildman–Crippen MR) is 137 cm³/mol. The van der Waals surface area contributed by atoms with Gasteiger partial charge in [0.1, 0.15) is 6.04 Å². The zero-order valence-electron chi connectivity index (χ0n) is 21.9. The monoisotopic (exact) mass is 471 g/mol. The Bertz CT molecular complexity index is 830. The van der Waals surface area contributed by atoms with Gasteiger partial charge in [-0.25, -0.2) is 0 Å². The number of hydrogen-bond acceptors (Lipinski definition) is 4. The Morgan fingerprint density at radius 3 is 2.47 bits per heavy atom. The fraction of sp³-hybridized carbons (Fsp3) is 0.714. The quantitative estimate of drug-likeness (QED) is 0.693. The van der Waals surface area contributed by atoms with Crippen LogP contribution in [0.1, 0.15) is 76.0 Å². The van der Waals surface area contributed by atoms with Gasteiger partial charge < -0.3 is 15.4 Å². The molecule has 2 heterocycles. The van der Waals surface area contributed by atoms with Crippen molar-refractivity contribution < 1.29 is 14.3 Å². The highest BCUT2D eigenvalue weighted by Crippen LogP contribution is 2.38. The van der Waals surface area contributed by atoms with Crippen LogP contribution in [0.25, 0.3) is 0 Å². The number of ether oxygens (including phenoxy) is 1. The van der Waals surface area contributed by atoms with E-state index in [1.807, 2.05) is 6.92 Å². The minimum atomic E-state index is -0.499. The van der Waals surface area contributed by atoms with E-state index in [0.29, 0.717) is 25.6 Å². The van der Waals surface area contributed by atoms with Gasteiger partial charge in [-0.05, 0) is 88.6 Å². The van der Waals surface area contributed by atoms with E-state index in [1.165, 1.54) is 16.7 Å². The second-order valence-electron chi connectivity index (χ2n) is 11.1. The SMILES string of the molecule is Cc1ccc(CN2CCC3(CCCCOC[C@@H](C)NC(=O)[C@H](CC(C)C)NC3=O)CC2)cc1C. The molecule has 2 aliphatic heterocycles. The molecule has 3 rings (SSSR count). The first-order chi connectivity index (χ1) is 16.2. The highest BCUT2D eigenvalue weighted by molar-refractivity contribution is 5.90. The third kappa shape index (κ3) is 7.29. The smallest absolute Gasteiger partial charge is 0.242 e. The van der Waals surface area contributed by atoms with Crippen LogP contribution in [-0.2, 0) is 20.9 Å². The summed E-state index contributed by atoms with van der Waals surface area (Å²) in [7, 11) is 0. The molecule has 0 bridgehead atoms. The second-order valence-corrected chi connectivity index (χ2v) is 11.1. The van der Waals surface area contributed by atoms with Gasteiger partial charge in [-0.15, -0.1) is 0 Å². The van der Waals surface area contributed by atoms with E-state index in [9.17, 15) is 9.59 Å². The zero-order chi connectivity index (χ0) is 24.7. The van der Waals surface area contributed by atoms with E-state index in [2.05, 4.69) is 61.4 Å². The number of amides is 2. The predicted octanol–water partition coefficient (Wildman–Crippen LogP) is 4.12. The number of rotatable bonds is 4. The van der Waals surface area contributed by atoms with Crippen LogP contribution in [0, 0.1) is 25.2 Å². The van der Waals surface area contributed by atoms with Crippen molar-refractivity contribution in [2.24, 2.45) is 11.3 Å². The maximum Gasteiger partial charge on any atom is 0.242 e. The Balaban J connectivity index is 1.71. The van der Waals surface area contributed by atoms with Crippen molar-refractivity contribution in [2.75, 3.05) is 26.3 Å². The second kappa shape index (κ2) is 12.2. The van der Waals surface area contributed by atoms with Crippen LogP contribution >= 0.6 is 0 Å². The molecule has 1 spiro atoms. The first-order valence-electron chi connectivity index (χ1n) is 13.2. The fourth-order valence-corrected chi connectivity index (χ4v) is 5.22. The minimum absolute atomic E-state index is 0.0620. The van der Waals surface area contributed by atoms with E-state index in [4.69, 9.17) is 4.74 Å². The molecule has 2 aliphatic rings. The van der Waals surface area contributed by atoms with Crippen molar-refractivity contribution in [1.29, 1.82) is 0 Å². The molecule has 0 saturated carbocycles.